The van der Waals surface area contributed by atoms with Gasteiger partial charge in [0.25, 0.3) is 0 Å². The number of carboxylic acid groups (broad SMARTS) is 1. The molecular weight excluding hydrogens is 304 g/mol. The highest BCUT2D eigenvalue weighted by Crippen LogP contribution is 2.34. The number of carboxylic acids is 1. The lowest BCUT2D eigenvalue weighted by Gasteiger charge is -2.05. The molecule has 0 fully saturated rings. The highest BCUT2D eigenvalue weighted by Gasteiger charge is 2.13. The highest BCUT2D eigenvalue weighted by atomic mass is 79.9. The average Bonchev–Trinajstić information content (AvgIpc) is 2.64. The summed E-state index contributed by atoms with van der Waals surface area (Å²) in [5.41, 5.74) is 0.291. The quantitative estimate of drug-likeness (QED) is 0.922. The summed E-state index contributed by atoms with van der Waals surface area (Å²) in [6.07, 6.45) is 1.59. The van der Waals surface area contributed by atoms with Gasteiger partial charge in [0.15, 0.2) is 0 Å². The summed E-state index contributed by atoms with van der Waals surface area (Å²) in [5, 5.41) is 9.10. The van der Waals surface area contributed by atoms with E-state index in [0.717, 1.165) is 15.1 Å². The zero-order valence-corrected chi connectivity index (χ0v) is 11.3. The summed E-state index contributed by atoms with van der Waals surface area (Å²) in [6, 6.07) is 6.92. The van der Waals surface area contributed by atoms with E-state index in [0.29, 0.717) is 10.5 Å². The molecule has 0 saturated carbocycles. The van der Waals surface area contributed by atoms with Gasteiger partial charge in [0, 0.05) is 9.37 Å². The largest absolute Gasteiger partial charge is 0.478 e. The molecule has 0 aliphatic heterocycles. The monoisotopic (exact) mass is 312 g/mol. The Bertz CT molecular complexity index is 563. The van der Waals surface area contributed by atoms with Crippen LogP contribution in [0.25, 0.3) is 0 Å². The van der Waals surface area contributed by atoms with E-state index >= 15 is 0 Å². The van der Waals surface area contributed by atoms with Crippen molar-refractivity contribution in [2.45, 2.75) is 16.7 Å². The van der Waals surface area contributed by atoms with E-state index in [1.807, 2.05) is 13.0 Å². The second-order valence-electron chi connectivity index (χ2n) is 3.39. The van der Waals surface area contributed by atoms with Crippen molar-refractivity contribution in [1.29, 1.82) is 0 Å². The Balaban J connectivity index is 2.41. The zero-order chi connectivity index (χ0) is 12.4. The first kappa shape index (κ1) is 12.3. The number of rotatable bonds is 3. The van der Waals surface area contributed by atoms with E-state index in [9.17, 15) is 4.79 Å². The summed E-state index contributed by atoms with van der Waals surface area (Å²) < 4.78 is 6.04. The molecule has 0 saturated heterocycles. The van der Waals surface area contributed by atoms with Gasteiger partial charge in [-0.1, -0.05) is 27.7 Å². The summed E-state index contributed by atoms with van der Waals surface area (Å²) in [6.45, 7) is 1.85. The van der Waals surface area contributed by atoms with Crippen molar-refractivity contribution in [3.05, 3.63) is 46.3 Å². The minimum Gasteiger partial charge on any atom is -0.478 e. The molecule has 0 aliphatic rings. The number of benzene rings is 1. The molecule has 1 aromatic heterocycles. The van der Waals surface area contributed by atoms with E-state index < -0.39 is 5.97 Å². The first-order valence-electron chi connectivity index (χ1n) is 4.82. The molecule has 1 heterocycles. The summed E-state index contributed by atoms with van der Waals surface area (Å²) in [7, 11) is 0. The number of aryl methyl sites for hydroxylation is 1. The summed E-state index contributed by atoms with van der Waals surface area (Å²) in [5.74, 6) is -0.146. The molecule has 0 radical (unpaired) electrons. The number of furan rings is 1. The van der Waals surface area contributed by atoms with Gasteiger partial charge in [0.1, 0.15) is 5.76 Å². The normalized spacial score (nSPS) is 10.5. The third kappa shape index (κ3) is 2.73. The predicted octanol–water partition coefficient (Wildman–Crippen LogP) is 4.20. The van der Waals surface area contributed by atoms with Gasteiger partial charge in [-0.2, -0.15) is 0 Å². The van der Waals surface area contributed by atoms with Gasteiger partial charge >= 0.3 is 5.97 Å². The van der Waals surface area contributed by atoms with Crippen LogP contribution in [-0.2, 0) is 0 Å². The topological polar surface area (TPSA) is 50.4 Å². The molecule has 0 amide bonds. The third-order valence-corrected chi connectivity index (χ3v) is 3.90. The Morgan fingerprint density at radius 3 is 2.71 bits per heavy atom. The van der Waals surface area contributed by atoms with Crippen LogP contribution in [0.4, 0.5) is 0 Å². The number of aromatic carboxylic acids is 1. The van der Waals surface area contributed by atoms with Gasteiger partial charge in [0.05, 0.1) is 16.7 Å². The molecule has 0 unspecified atom stereocenters. The predicted molar refractivity (Wildman–Crippen MR) is 68.7 cm³/mol. The lowest BCUT2D eigenvalue weighted by Crippen LogP contribution is -1.98. The third-order valence-electron chi connectivity index (χ3n) is 2.21. The highest BCUT2D eigenvalue weighted by molar-refractivity contribution is 9.10. The Morgan fingerprint density at radius 2 is 2.12 bits per heavy atom. The average molecular weight is 313 g/mol. The van der Waals surface area contributed by atoms with Crippen molar-refractivity contribution in [2.75, 3.05) is 0 Å². The number of carbonyl (C=O) groups is 1. The van der Waals surface area contributed by atoms with Crippen LogP contribution in [0, 0.1) is 6.92 Å². The summed E-state index contributed by atoms with van der Waals surface area (Å²) in [4.78, 5) is 12.7. The van der Waals surface area contributed by atoms with Crippen molar-refractivity contribution in [1.82, 2.24) is 0 Å². The maximum absolute atomic E-state index is 11.1. The first-order chi connectivity index (χ1) is 8.08. The van der Waals surface area contributed by atoms with E-state index in [1.54, 1.807) is 24.5 Å². The Labute approximate surface area is 111 Å². The van der Waals surface area contributed by atoms with Crippen molar-refractivity contribution in [3.8, 4) is 0 Å². The van der Waals surface area contributed by atoms with Crippen LogP contribution in [0.1, 0.15) is 16.1 Å². The minimum atomic E-state index is -0.929. The van der Waals surface area contributed by atoms with Gasteiger partial charge in [-0.25, -0.2) is 4.79 Å². The van der Waals surface area contributed by atoms with Crippen LogP contribution in [0.3, 0.4) is 0 Å². The van der Waals surface area contributed by atoms with Crippen molar-refractivity contribution >= 4 is 33.7 Å². The van der Waals surface area contributed by atoms with Crippen molar-refractivity contribution in [3.63, 3.8) is 0 Å². The van der Waals surface area contributed by atoms with Crippen molar-refractivity contribution in [2.24, 2.45) is 0 Å². The van der Waals surface area contributed by atoms with Crippen LogP contribution in [0.15, 0.2) is 49.2 Å². The van der Waals surface area contributed by atoms with E-state index in [2.05, 4.69) is 15.9 Å². The molecule has 0 aliphatic carbocycles. The second-order valence-corrected chi connectivity index (χ2v) is 5.39. The number of halogens is 1. The van der Waals surface area contributed by atoms with Crippen LogP contribution < -0.4 is 0 Å². The lowest BCUT2D eigenvalue weighted by molar-refractivity contribution is 0.0693. The van der Waals surface area contributed by atoms with Crippen LogP contribution in [0.5, 0.6) is 0 Å². The molecule has 0 bridgehead atoms. The molecule has 88 valence electrons. The fourth-order valence-electron chi connectivity index (χ4n) is 1.35. The maximum atomic E-state index is 11.1. The molecule has 0 atom stereocenters. The minimum absolute atomic E-state index is 0.291. The number of hydrogen-bond donors (Lipinski definition) is 1. The van der Waals surface area contributed by atoms with E-state index in [1.165, 1.54) is 11.8 Å². The lowest BCUT2D eigenvalue weighted by atomic mass is 10.2. The van der Waals surface area contributed by atoms with Crippen LogP contribution in [0.2, 0.25) is 0 Å². The zero-order valence-electron chi connectivity index (χ0n) is 8.94. The van der Waals surface area contributed by atoms with Gasteiger partial charge in [0.2, 0.25) is 0 Å². The van der Waals surface area contributed by atoms with Gasteiger partial charge in [-0.3, -0.25) is 0 Å². The second kappa shape index (κ2) is 4.98. The van der Waals surface area contributed by atoms with Gasteiger partial charge < -0.3 is 9.52 Å². The molecule has 1 N–H and O–H groups in total. The molecular formula is C12H9BrO3S. The standard InChI is InChI=1S/C12H9BrO3S/c1-7-10(4-5-16-7)17-11-6-8(13)2-3-9(11)12(14)15/h2-6H,1H3,(H,14,15). The molecule has 5 heteroatoms. The van der Waals surface area contributed by atoms with Gasteiger partial charge in [-0.05, 0) is 31.2 Å². The maximum Gasteiger partial charge on any atom is 0.336 e. The van der Waals surface area contributed by atoms with Crippen LogP contribution in [-0.4, -0.2) is 11.1 Å². The fourth-order valence-corrected chi connectivity index (χ4v) is 2.87. The number of hydrogen-bond acceptors (Lipinski definition) is 3. The van der Waals surface area contributed by atoms with E-state index in [-0.39, 0.29) is 0 Å². The molecule has 3 nitrogen and oxygen atoms in total. The molecule has 0 spiro atoms. The Hall–Kier alpha value is -1.20. The smallest absolute Gasteiger partial charge is 0.336 e. The SMILES string of the molecule is Cc1occc1Sc1cc(Br)ccc1C(=O)O. The molecule has 17 heavy (non-hydrogen) atoms. The Kier molecular flexibility index (Phi) is 3.59. The molecule has 2 rings (SSSR count). The first-order valence-corrected chi connectivity index (χ1v) is 6.43. The van der Waals surface area contributed by atoms with Crippen LogP contribution >= 0.6 is 27.7 Å². The fraction of sp³-hybridized carbons (Fsp3) is 0.0833. The summed E-state index contributed by atoms with van der Waals surface area (Å²) >= 11 is 4.72. The van der Waals surface area contributed by atoms with E-state index in [4.69, 9.17) is 9.52 Å². The molecule has 2 aromatic rings. The molecule has 1 aromatic carbocycles. The Morgan fingerprint density at radius 1 is 1.35 bits per heavy atom. The van der Waals surface area contributed by atoms with Crippen molar-refractivity contribution < 1.29 is 14.3 Å². The van der Waals surface area contributed by atoms with Gasteiger partial charge in [-0.15, -0.1) is 0 Å².